The van der Waals surface area contributed by atoms with Gasteiger partial charge in [0.25, 0.3) is 5.91 Å². The van der Waals surface area contributed by atoms with Crippen LogP contribution in [-0.2, 0) is 23.9 Å². The molecule has 0 aliphatic rings. The average Bonchev–Trinajstić information content (AvgIpc) is 2.56. The van der Waals surface area contributed by atoms with Crippen molar-refractivity contribution in [2.75, 3.05) is 13.7 Å². The molecule has 1 N–H and O–H groups in total. The third kappa shape index (κ3) is 8.49. The third-order valence-electron chi connectivity index (χ3n) is 3.13. The number of methoxy groups -OCH3 is 1. The van der Waals surface area contributed by atoms with Crippen molar-refractivity contribution in [2.45, 2.75) is 26.3 Å². The first-order valence-electron chi connectivity index (χ1n) is 7.79. The van der Waals surface area contributed by atoms with Gasteiger partial charge in [-0.15, -0.1) is 0 Å². The van der Waals surface area contributed by atoms with Gasteiger partial charge in [0.15, 0.2) is 6.61 Å². The molecule has 25 heavy (non-hydrogen) atoms. The van der Waals surface area contributed by atoms with Crippen molar-refractivity contribution < 1.29 is 23.9 Å². The molecule has 1 atom stereocenters. The zero-order valence-electron chi connectivity index (χ0n) is 14.5. The van der Waals surface area contributed by atoms with Gasteiger partial charge in [-0.2, -0.15) is 0 Å². The molecule has 7 heteroatoms. The smallest absolute Gasteiger partial charge is 0.331 e. The number of nitrogens with one attached hydrogen (secondary N) is 1. The normalized spacial score (nSPS) is 12.0. The minimum Gasteiger partial charge on any atom is -0.467 e. The van der Waals surface area contributed by atoms with Gasteiger partial charge in [0.2, 0.25) is 0 Å². The monoisotopic (exact) mass is 411 g/mol. The molecule has 0 saturated heterocycles. The molecule has 0 saturated carbocycles. The Morgan fingerprint density at radius 1 is 1.28 bits per heavy atom. The zero-order valence-corrected chi connectivity index (χ0v) is 16.0. The summed E-state index contributed by atoms with van der Waals surface area (Å²) in [6.07, 6.45) is 3.26. The van der Waals surface area contributed by atoms with Crippen LogP contribution in [0.5, 0.6) is 0 Å². The minimum absolute atomic E-state index is 0.195. The van der Waals surface area contributed by atoms with Crippen LogP contribution in [0.2, 0.25) is 0 Å². The van der Waals surface area contributed by atoms with Crippen molar-refractivity contribution in [3.05, 3.63) is 40.4 Å². The number of amides is 1. The lowest BCUT2D eigenvalue weighted by Gasteiger charge is -2.18. The Balaban J connectivity index is 2.48. The van der Waals surface area contributed by atoms with Crippen LogP contribution in [-0.4, -0.2) is 37.6 Å². The van der Waals surface area contributed by atoms with E-state index in [0.717, 1.165) is 10.0 Å². The van der Waals surface area contributed by atoms with Crippen LogP contribution in [0.3, 0.4) is 0 Å². The standard InChI is InChI=1S/C18H22BrNO5/c1-12(2)9-15(18(23)24-3)20-16(21)11-25-17(22)8-7-13-5-4-6-14(19)10-13/h4-8,10,12,15H,9,11H2,1-3H3,(H,20,21)/b8-7+. The van der Waals surface area contributed by atoms with Crippen molar-refractivity contribution in [1.82, 2.24) is 5.32 Å². The number of carbonyl (C=O) groups is 3. The maximum absolute atomic E-state index is 11.9. The Hall–Kier alpha value is -2.15. The number of ether oxygens (including phenoxy) is 2. The number of halogens is 1. The van der Waals surface area contributed by atoms with E-state index in [2.05, 4.69) is 26.0 Å². The maximum Gasteiger partial charge on any atom is 0.331 e. The Bertz CT molecular complexity index is 642. The van der Waals surface area contributed by atoms with E-state index in [0.29, 0.717) is 6.42 Å². The molecule has 0 bridgehead atoms. The molecular weight excluding hydrogens is 390 g/mol. The largest absolute Gasteiger partial charge is 0.467 e. The van der Waals surface area contributed by atoms with Gasteiger partial charge in [0, 0.05) is 10.5 Å². The summed E-state index contributed by atoms with van der Waals surface area (Å²) in [5, 5.41) is 2.51. The van der Waals surface area contributed by atoms with E-state index in [-0.39, 0.29) is 5.92 Å². The second kappa shape index (κ2) is 10.7. The van der Waals surface area contributed by atoms with Crippen LogP contribution in [0.1, 0.15) is 25.8 Å². The molecular formula is C18H22BrNO5. The lowest BCUT2D eigenvalue weighted by atomic mass is 10.0. The molecule has 0 heterocycles. The quantitative estimate of drug-likeness (QED) is 0.525. The molecule has 0 radical (unpaired) electrons. The summed E-state index contributed by atoms with van der Waals surface area (Å²) in [6.45, 7) is 3.39. The molecule has 0 aliphatic heterocycles. The number of hydrogen-bond acceptors (Lipinski definition) is 5. The SMILES string of the molecule is COC(=O)C(CC(C)C)NC(=O)COC(=O)/C=C/c1cccc(Br)c1. The second-order valence-electron chi connectivity index (χ2n) is 5.77. The predicted molar refractivity (Wildman–Crippen MR) is 97.5 cm³/mol. The number of esters is 2. The zero-order chi connectivity index (χ0) is 18.8. The van der Waals surface area contributed by atoms with Crippen molar-refractivity contribution in [3.63, 3.8) is 0 Å². The summed E-state index contributed by atoms with van der Waals surface area (Å²) in [7, 11) is 1.26. The highest BCUT2D eigenvalue weighted by Crippen LogP contribution is 2.12. The Morgan fingerprint density at radius 2 is 2.00 bits per heavy atom. The van der Waals surface area contributed by atoms with Gasteiger partial charge in [-0.1, -0.05) is 41.9 Å². The molecule has 0 fully saturated rings. The summed E-state index contributed by atoms with van der Waals surface area (Å²) in [4.78, 5) is 35.2. The van der Waals surface area contributed by atoms with Gasteiger partial charge in [0.05, 0.1) is 7.11 Å². The van der Waals surface area contributed by atoms with Crippen molar-refractivity contribution >= 4 is 39.9 Å². The summed E-state index contributed by atoms with van der Waals surface area (Å²) < 4.78 is 10.4. The van der Waals surface area contributed by atoms with Gasteiger partial charge in [-0.05, 0) is 36.1 Å². The lowest BCUT2D eigenvalue weighted by molar-refractivity contribution is -0.148. The van der Waals surface area contributed by atoms with Crippen LogP contribution in [0, 0.1) is 5.92 Å². The van der Waals surface area contributed by atoms with Gasteiger partial charge < -0.3 is 14.8 Å². The highest BCUT2D eigenvalue weighted by atomic mass is 79.9. The maximum atomic E-state index is 11.9. The Kier molecular flexibility index (Phi) is 8.91. The lowest BCUT2D eigenvalue weighted by Crippen LogP contribution is -2.44. The fraction of sp³-hybridized carbons (Fsp3) is 0.389. The van der Waals surface area contributed by atoms with E-state index >= 15 is 0 Å². The van der Waals surface area contributed by atoms with Crippen molar-refractivity contribution in [3.8, 4) is 0 Å². The minimum atomic E-state index is -0.756. The highest BCUT2D eigenvalue weighted by molar-refractivity contribution is 9.10. The van der Waals surface area contributed by atoms with E-state index in [1.165, 1.54) is 13.2 Å². The van der Waals surface area contributed by atoms with Crippen LogP contribution in [0.4, 0.5) is 0 Å². The molecule has 0 aromatic heterocycles. The fourth-order valence-electron chi connectivity index (χ4n) is 2.02. The molecule has 1 unspecified atom stereocenters. The fourth-order valence-corrected chi connectivity index (χ4v) is 2.44. The van der Waals surface area contributed by atoms with Crippen LogP contribution in [0.25, 0.3) is 6.08 Å². The summed E-state index contributed by atoms with van der Waals surface area (Å²) in [5.74, 6) is -1.53. The highest BCUT2D eigenvalue weighted by Gasteiger charge is 2.22. The first-order chi connectivity index (χ1) is 11.8. The van der Waals surface area contributed by atoms with Crippen LogP contribution in [0.15, 0.2) is 34.8 Å². The Labute approximate surface area is 155 Å². The van der Waals surface area contributed by atoms with Gasteiger partial charge in [-0.3, -0.25) is 4.79 Å². The van der Waals surface area contributed by atoms with E-state index in [1.54, 1.807) is 6.08 Å². The van der Waals surface area contributed by atoms with E-state index < -0.39 is 30.5 Å². The third-order valence-corrected chi connectivity index (χ3v) is 3.63. The first-order valence-corrected chi connectivity index (χ1v) is 8.58. The van der Waals surface area contributed by atoms with E-state index in [9.17, 15) is 14.4 Å². The van der Waals surface area contributed by atoms with E-state index in [1.807, 2.05) is 38.1 Å². The van der Waals surface area contributed by atoms with Gasteiger partial charge in [0.1, 0.15) is 6.04 Å². The number of carbonyl (C=O) groups excluding carboxylic acids is 3. The average molecular weight is 412 g/mol. The summed E-state index contributed by atoms with van der Waals surface area (Å²) in [5.41, 5.74) is 0.818. The number of hydrogen-bond donors (Lipinski definition) is 1. The molecule has 1 aromatic carbocycles. The van der Waals surface area contributed by atoms with Gasteiger partial charge in [-0.25, -0.2) is 9.59 Å². The van der Waals surface area contributed by atoms with Crippen molar-refractivity contribution in [2.24, 2.45) is 5.92 Å². The molecule has 1 rings (SSSR count). The topological polar surface area (TPSA) is 81.7 Å². The molecule has 136 valence electrons. The summed E-state index contributed by atoms with van der Waals surface area (Å²) >= 11 is 3.34. The molecule has 6 nitrogen and oxygen atoms in total. The van der Waals surface area contributed by atoms with Crippen molar-refractivity contribution in [1.29, 1.82) is 0 Å². The molecule has 1 aromatic rings. The molecule has 0 aliphatic carbocycles. The van der Waals surface area contributed by atoms with Crippen LogP contribution < -0.4 is 5.32 Å². The summed E-state index contributed by atoms with van der Waals surface area (Å²) in [6, 6.07) is 6.62. The van der Waals surface area contributed by atoms with E-state index in [4.69, 9.17) is 4.74 Å². The Morgan fingerprint density at radius 3 is 2.60 bits per heavy atom. The van der Waals surface area contributed by atoms with Crippen LogP contribution >= 0.6 is 15.9 Å². The van der Waals surface area contributed by atoms with Gasteiger partial charge >= 0.3 is 11.9 Å². The number of benzene rings is 1. The second-order valence-corrected chi connectivity index (χ2v) is 6.68. The molecule has 1 amide bonds. The molecule has 0 spiro atoms. The predicted octanol–water partition coefficient (Wildman–Crippen LogP) is 2.71. The number of rotatable bonds is 8. The first kappa shape index (κ1) is 20.9.